The Bertz CT molecular complexity index is 612. The molecule has 0 aliphatic rings. The van der Waals surface area contributed by atoms with Gasteiger partial charge in [-0.2, -0.15) is 9.98 Å². The van der Waals surface area contributed by atoms with Gasteiger partial charge in [-0.1, -0.05) is 0 Å². The van der Waals surface area contributed by atoms with Gasteiger partial charge in [-0.05, 0) is 48.7 Å². The standard InChI is InChI=1S/C12H6N4S2/c17-7-15-9-1-3-13-11(5-9)12-6-10(16-8-18)2-4-14-12/h1-6H. The monoisotopic (exact) mass is 270 g/mol. The number of hydrogen-bond acceptors (Lipinski definition) is 6. The first-order valence-electron chi connectivity index (χ1n) is 4.92. The number of pyridine rings is 2. The molecule has 6 heteroatoms. The van der Waals surface area contributed by atoms with E-state index in [1.54, 1.807) is 36.7 Å². The first kappa shape index (κ1) is 12.4. The minimum atomic E-state index is 0.681. The highest BCUT2D eigenvalue weighted by Crippen LogP contribution is 2.22. The molecule has 2 rings (SSSR count). The van der Waals surface area contributed by atoms with Gasteiger partial charge in [0.15, 0.2) is 0 Å². The topological polar surface area (TPSA) is 50.5 Å². The van der Waals surface area contributed by atoms with Crippen LogP contribution >= 0.6 is 24.4 Å². The predicted molar refractivity (Wildman–Crippen MR) is 76.8 cm³/mol. The van der Waals surface area contributed by atoms with Crippen LogP contribution in [-0.4, -0.2) is 20.3 Å². The number of aliphatic imine (C=N–C) groups is 2. The molecule has 0 fully saturated rings. The van der Waals surface area contributed by atoms with Crippen LogP contribution in [0.4, 0.5) is 11.4 Å². The van der Waals surface area contributed by atoms with Crippen LogP contribution in [-0.2, 0) is 0 Å². The first-order chi connectivity index (χ1) is 8.83. The van der Waals surface area contributed by atoms with E-state index in [1.807, 2.05) is 0 Å². The lowest BCUT2D eigenvalue weighted by atomic mass is 10.2. The molecule has 0 unspecified atom stereocenters. The number of rotatable bonds is 3. The van der Waals surface area contributed by atoms with Crippen LogP contribution in [0.2, 0.25) is 0 Å². The van der Waals surface area contributed by atoms with Crippen molar-refractivity contribution < 1.29 is 0 Å². The molecule has 2 heterocycles. The first-order valence-corrected chi connectivity index (χ1v) is 5.73. The molecule has 0 amide bonds. The Hall–Kier alpha value is -2.10. The normalized spacial score (nSPS) is 9.11. The summed E-state index contributed by atoms with van der Waals surface area (Å²) in [5.74, 6) is 0. The molecule has 2 aromatic heterocycles. The number of hydrogen-bond donors (Lipinski definition) is 0. The van der Waals surface area contributed by atoms with Crippen molar-refractivity contribution in [1.82, 2.24) is 9.97 Å². The van der Waals surface area contributed by atoms with E-state index < -0.39 is 0 Å². The van der Waals surface area contributed by atoms with E-state index in [1.165, 1.54) is 0 Å². The number of aromatic nitrogens is 2. The molecule has 0 bridgehead atoms. The molecule has 4 nitrogen and oxygen atoms in total. The second-order valence-corrected chi connectivity index (χ2v) is 3.57. The third kappa shape index (κ3) is 2.97. The van der Waals surface area contributed by atoms with Crippen molar-refractivity contribution in [3.8, 4) is 11.4 Å². The van der Waals surface area contributed by atoms with Gasteiger partial charge in [-0.25, -0.2) is 0 Å². The van der Waals surface area contributed by atoms with Gasteiger partial charge in [-0.15, -0.1) is 0 Å². The van der Waals surface area contributed by atoms with Crippen LogP contribution in [0.3, 0.4) is 0 Å². The van der Waals surface area contributed by atoms with Crippen LogP contribution in [0, 0.1) is 0 Å². The van der Waals surface area contributed by atoms with Gasteiger partial charge < -0.3 is 0 Å². The number of nitrogens with zero attached hydrogens (tertiary/aromatic N) is 4. The highest BCUT2D eigenvalue weighted by molar-refractivity contribution is 7.78. The lowest BCUT2D eigenvalue weighted by molar-refractivity contribution is 1.24. The van der Waals surface area contributed by atoms with E-state index in [2.05, 4.69) is 54.7 Å². The minimum absolute atomic E-state index is 0.681. The largest absolute Gasteiger partial charge is 0.254 e. The average molecular weight is 270 g/mol. The fourth-order valence-electron chi connectivity index (χ4n) is 1.36. The van der Waals surface area contributed by atoms with Crippen LogP contribution in [0.15, 0.2) is 46.6 Å². The van der Waals surface area contributed by atoms with Gasteiger partial charge in [0.1, 0.15) is 0 Å². The maximum Gasteiger partial charge on any atom is 0.0908 e. The Morgan fingerprint density at radius 3 is 1.67 bits per heavy atom. The number of isothiocyanates is 2. The summed E-state index contributed by atoms with van der Waals surface area (Å²) < 4.78 is 0. The highest BCUT2D eigenvalue weighted by atomic mass is 32.1. The maximum atomic E-state index is 4.56. The molecule has 86 valence electrons. The molecule has 2 aromatic rings. The summed E-state index contributed by atoms with van der Waals surface area (Å²) in [6.45, 7) is 0. The molecule has 0 N–H and O–H groups in total. The molecule has 0 aromatic carbocycles. The second kappa shape index (κ2) is 6.00. The van der Waals surface area contributed by atoms with Gasteiger partial charge in [0.2, 0.25) is 0 Å². The van der Waals surface area contributed by atoms with Crippen LogP contribution < -0.4 is 0 Å². The van der Waals surface area contributed by atoms with Crippen molar-refractivity contribution in [3.05, 3.63) is 36.7 Å². The average Bonchev–Trinajstić information content (AvgIpc) is 2.40. The summed E-state index contributed by atoms with van der Waals surface area (Å²) in [5.41, 5.74) is 2.73. The Kier molecular flexibility index (Phi) is 4.12. The molecule has 0 aliphatic carbocycles. The predicted octanol–water partition coefficient (Wildman–Crippen LogP) is 3.61. The Morgan fingerprint density at radius 1 is 0.833 bits per heavy atom. The van der Waals surface area contributed by atoms with E-state index in [0.29, 0.717) is 22.8 Å². The zero-order valence-electron chi connectivity index (χ0n) is 9.07. The number of thiocarbonyl (C=S) groups is 2. The van der Waals surface area contributed by atoms with Crippen LogP contribution in [0.5, 0.6) is 0 Å². The van der Waals surface area contributed by atoms with Crippen molar-refractivity contribution in [1.29, 1.82) is 0 Å². The van der Waals surface area contributed by atoms with Crippen molar-refractivity contribution in [2.24, 2.45) is 9.98 Å². The Morgan fingerprint density at radius 2 is 1.28 bits per heavy atom. The van der Waals surface area contributed by atoms with E-state index in [9.17, 15) is 0 Å². The fourth-order valence-corrected chi connectivity index (χ4v) is 1.57. The SMILES string of the molecule is S=C=Nc1ccnc(-c2cc(N=C=S)ccn2)c1. The Labute approximate surface area is 114 Å². The van der Waals surface area contributed by atoms with E-state index in [4.69, 9.17) is 0 Å². The molecule has 0 spiro atoms. The summed E-state index contributed by atoms with van der Waals surface area (Å²) in [5, 5.41) is 4.62. The summed E-state index contributed by atoms with van der Waals surface area (Å²) in [4.78, 5) is 16.2. The van der Waals surface area contributed by atoms with Gasteiger partial charge >= 0.3 is 0 Å². The summed E-state index contributed by atoms with van der Waals surface area (Å²) in [6, 6.07) is 7.02. The summed E-state index contributed by atoms with van der Waals surface area (Å²) in [6.07, 6.45) is 3.27. The van der Waals surface area contributed by atoms with Gasteiger partial charge in [0.05, 0.1) is 33.1 Å². The molecule has 0 saturated carbocycles. The van der Waals surface area contributed by atoms with Crippen molar-refractivity contribution in [3.63, 3.8) is 0 Å². The molecule has 0 saturated heterocycles. The Balaban J connectivity index is 2.47. The smallest absolute Gasteiger partial charge is 0.0908 e. The maximum absolute atomic E-state index is 4.56. The summed E-state index contributed by atoms with van der Waals surface area (Å²) in [7, 11) is 0. The molecule has 0 aliphatic heterocycles. The molecule has 0 atom stereocenters. The summed E-state index contributed by atoms with van der Waals surface area (Å²) >= 11 is 9.12. The van der Waals surface area contributed by atoms with Crippen molar-refractivity contribution in [2.75, 3.05) is 0 Å². The zero-order valence-corrected chi connectivity index (χ0v) is 10.7. The van der Waals surface area contributed by atoms with Crippen molar-refractivity contribution in [2.45, 2.75) is 0 Å². The van der Waals surface area contributed by atoms with E-state index in [-0.39, 0.29) is 0 Å². The van der Waals surface area contributed by atoms with Gasteiger partial charge in [0.25, 0.3) is 0 Å². The van der Waals surface area contributed by atoms with Crippen LogP contribution in [0.1, 0.15) is 0 Å². The lowest BCUT2D eigenvalue weighted by Crippen LogP contribution is -1.85. The van der Waals surface area contributed by atoms with E-state index in [0.717, 1.165) is 0 Å². The second-order valence-electron chi connectivity index (χ2n) is 3.20. The molecule has 0 radical (unpaired) electrons. The molecular weight excluding hydrogens is 264 g/mol. The fraction of sp³-hybridized carbons (Fsp3) is 0. The third-order valence-electron chi connectivity index (χ3n) is 2.10. The van der Waals surface area contributed by atoms with E-state index >= 15 is 0 Å². The highest BCUT2D eigenvalue weighted by Gasteiger charge is 2.02. The lowest BCUT2D eigenvalue weighted by Gasteiger charge is -2.00. The molecule has 18 heavy (non-hydrogen) atoms. The minimum Gasteiger partial charge on any atom is -0.254 e. The van der Waals surface area contributed by atoms with Gasteiger partial charge in [-0.3, -0.25) is 9.97 Å². The molecular formula is C12H6N4S2. The van der Waals surface area contributed by atoms with Crippen LogP contribution in [0.25, 0.3) is 11.4 Å². The van der Waals surface area contributed by atoms with Crippen molar-refractivity contribution >= 4 is 46.1 Å². The zero-order chi connectivity index (χ0) is 12.8. The quantitative estimate of drug-likeness (QED) is 0.631. The third-order valence-corrected chi connectivity index (χ3v) is 2.28. The van der Waals surface area contributed by atoms with Gasteiger partial charge in [0, 0.05) is 12.4 Å².